The van der Waals surface area contributed by atoms with Crippen LogP contribution in [-0.4, -0.2) is 30.5 Å². The van der Waals surface area contributed by atoms with E-state index in [1.165, 1.54) is 6.07 Å². The summed E-state index contributed by atoms with van der Waals surface area (Å²) in [6.07, 6.45) is 1.78. The van der Waals surface area contributed by atoms with Gasteiger partial charge in [-0.25, -0.2) is 4.39 Å². The monoisotopic (exact) mass is 367 g/mol. The molecule has 1 heterocycles. The summed E-state index contributed by atoms with van der Waals surface area (Å²) in [6, 6.07) is 15.5. The minimum atomic E-state index is -0.235. The molecule has 1 unspecified atom stereocenters. The highest BCUT2D eigenvalue weighted by atomic mass is 19.1. The Hall–Kier alpha value is -2.91. The topological polar surface area (TPSA) is 65.4 Å². The zero-order valence-corrected chi connectivity index (χ0v) is 15.0. The number of nitriles is 1. The number of rotatable bonds is 6. The Morgan fingerprint density at radius 1 is 1.30 bits per heavy atom. The number of benzene rings is 2. The number of nitrogens with one attached hydrogen (secondary N) is 1. The van der Waals surface area contributed by atoms with Crippen molar-refractivity contribution in [3.8, 4) is 11.8 Å². The number of halogens is 1. The van der Waals surface area contributed by atoms with Crippen LogP contribution >= 0.6 is 0 Å². The lowest BCUT2D eigenvalue weighted by Gasteiger charge is -2.32. The van der Waals surface area contributed by atoms with E-state index in [2.05, 4.69) is 10.2 Å². The van der Waals surface area contributed by atoms with Crippen molar-refractivity contribution in [3.05, 3.63) is 59.9 Å². The molecule has 0 aliphatic carbocycles. The third-order valence-electron chi connectivity index (χ3n) is 4.60. The Morgan fingerprint density at radius 2 is 2.11 bits per heavy atom. The number of carbonyl (C=O) groups excluding carboxylic acids is 1. The molecule has 0 saturated carbocycles. The van der Waals surface area contributed by atoms with Crippen LogP contribution in [0.5, 0.6) is 5.75 Å². The Morgan fingerprint density at radius 3 is 2.85 bits per heavy atom. The first-order valence-electron chi connectivity index (χ1n) is 9.01. The van der Waals surface area contributed by atoms with E-state index in [9.17, 15) is 9.18 Å². The summed E-state index contributed by atoms with van der Waals surface area (Å²) in [5.74, 6) is 0.251. The SMILES string of the molecule is N#CCOc1ccc(NC(=O)C2CCCN(Cc3cccc(F)c3)C2)cc1. The molecule has 1 aliphatic rings. The molecule has 0 bridgehead atoms. The molecule has 1 atom stereocenters. The molecule has 1 aliphatic heterocycles. The number of anilines is 1. The van der Waals surface area contributed by atoms with E-state index < -0.39 is 0 Å². The molecule has 6 heteroatoms. The second kappa shape index (κ2) is 9.15. The lowest BCUT2D eigenvalue weighted by atomic mass is 9.96. The molecule has 3 rings (SSSR count). The summed E-state index contributed by atoms with van der Waals surface area (Å²) in [6.45, 7) is 2.21. The normalized spacial score (nSPS) is 17.1. The first-order chi connectivity index (χ1) is 13.1. The van der Waals surface area contributed by atoms with Crippen molar-refractivity contribution in [2.45, 2.75) is 19.4 Å². The highest BCUT2D eigenvalue weighted by Gasteiger charge is 2.26. The Kier molecular flexibility index (Phi) is 6.39. The van der Waals surface area contributed by atoms with Gasteiger partial charge in [0.1, 0.15) is 17.6 Å². The molecule has 1 saturated heterocycles. The number of piperidine rings is 1. The van der Waals surface area contributed by atoms with Crippen molar-refractivity contribution in [1.82, 2.24) is 4.90 Å². The lowest BCUT2D eigenvalue weighted by molar-refractivity contribution is -0.121. The van der Waals surface area contributed by atoms with Gasteiger partial charge in [-0.05, 0) is 61.3 Å². The summed E-state index contributed by atoms with van der Waals surface area (Å²) in [4.78, 5) is 14.8. The van der Waals surface area contributed by atoms with Crippen LogP contribution in [0.2, 0.25) is 0 Å². The van der Waals surface area contributed by atoms with Crippen LogP contribution in [-0.2, 0) is 11.3 Å². The molecule has 0 aromatic heterocycles. The maximum absolute atomic E-state index is 13.4. The van der Waals surface area contributed by atoms with Crippen LogP contribution in [0.25, 0.3) is 0 Å². The van der Waals surface area contributed by atoms with Gasteiger partial charge in [0.05, 0.1) is 5.92 Å². The van der Waals surface area contributed by atoms with Gasteiger partial charge < -0.3 is 10.1 Å². The number of hydrogen-bond acceptors (Lipinski definition) is 4. The van der Waals surface area contributed by atoms with Gasteiger partial charge in [0.25, 0.3) is 0 Å². The third-order valence-corrected chi connectivity index (χ3v) is 4.60. The fourth-order valence-electron chi connectivity index (χ4n) is 3.30. The summed E-state index contributed by atoms with van der Waals surface area (Å²) in [7, 11) is 0. The first-order valence-corrected chi connectivity index (χ1v) is 9.01. The molecular weight excluding hydrogens is 345 g/mol. The molecule has 27 heavy (non-hydrogen) atoms. The molecule has 0 radical (unpaired) electrons. The van der Waals surface area contributed by atoms with Crippen molar-refractivity contribution in [3.63, 3.8) is 0 Å². The van der Waals surface area contributed by atoms with Gasteiger partial charge in [-0.3, -0.25) is 9.69 Å². The van der Waals surface area contributed by atoms with Crippen LogP contribution in [0.15, 0.2) is 48.5 Å². The number of ether oxygens (including phenoxy) is 1. The van der Waals surface area contributed by atoms with E-state index in [0.29, 0.717) is 24.5 Å². The van der Waals surface area contributed by atoms with E-state index in [4.69, 9.17) is 10.00 Å². The Balaban J connectivity index is 1.54. The van der Waals surface area contributed by atoms with E-state index in [-0.39, 0.29) is 24.2 Å². The highest BCUT2D eigenvalue weighted by Crippen LogP contribution is 2.22. The number of hydrogen-bond donors (Lipinski definition) is 1. The van der Waals surface area contributed by atoms with Gasteiger partial charge in [-0.2, -0.15) is 5.26 Å². The zero-order valence-electron chi connectivity index (χ0n) is 15.0. The minimum absolute atomic E-state index is 0.00503. The van der Waals surface area contributed by atoms with Crippen LogP contribution in [0, 0.1) is 23.1 Å². The Labute approximate surface area is 158 Å². The van der Waals surface area contributed by atoms with Crippen molar-refractivity contribution >= 4 is 11.6 Å². The van der Waals surface area contributed by atoms with Gasteiger partial charge in [0.15, 0.2) is 6.61 Å². The largest absolute Gasteiger partial charge is 0.479 e. The van der Waals surface area contributed by atoms with E-state index in [1.54, 1.807) is 36.4 Å². The molecule has 1 N–H and O–H groups in total. The molecule has 2 aromatic carbocycles. The number of amides is 1. The second-order valence-electron chi connectivity index (χ2n) is 6.66. The molecule has 1 fully saturated rings. The van der Waals surface area contributed by atoms with Gasteiger partial charge >= 0.3 is 0 Å². The Bertz CT molecular complexity index is 817. The predicted molar refractivity (Wildman–Crippen MR) is 101 cm³/mol. The number of carbonyl (C=O) groups is 1. The average Bonchev–Trinajstić information content (AvgIpc) is 2.68. The number of likely N-dealkylation sites (tertiary alicyclic amines) is 1. The van der Waals surface area contributed by atoms with E-state index >= 15 is 0 Å². The molecular formula is C21H22FN3O2. The summed E-state index contributed by atoms with van der Waals surface area (Å²) in [5.41, 5.74) is 1.62. The lowest BCUT2D eigenvalue weighted by Crippen LogP contribution is -2.40. The van der Waals surface area contributed by atoms with Crippen molar-refractivity contribution < 1.29 is 13.9 Å². The van der Waals surface area contributed by atoms with Crippen molar-refractivity contribution in [2.24, 2.45) is 5.92 Å². The van der Waals surface area contributed by atoms with E-state index in [1.807, 2.05) is 12.1 Å². The van der Waals surface area contributed by atoms with Gasteiger partial charge in [-0.1, -0.05) is 12.1 Å². The second-order valence-corrected chi connectivity index (χ2v) is 6.66. The maximum atomic E-state index is 13.4. The predicted octanol–water partition coefficient (Wildman–Crippen LogP) is 3.58. The maximum Gasteiger partial charge on any atom is 0.228 e. The van der Waals surface area contributed by atoms with Gasteiger partial charge in [0, 0.05) is 18.8 Å². The summed E-state index contributed by atoms with van der Waals surface area (Å²) in [5, 5.41) is 11.5. The van der Waals surface area contributed by atoms with Gasteiger partial charge in [0.2, 0.25) is 5.91 Å². The molecule has 140 valence electrons. The van der Waals surface area contributed by atoms with Crippen LogP contribution in [0.4, 0.5) is 10.1 Å². The van der Waals surface area contributed by atoms with Crippen LogP contribution < -0.4 is 10.1 Å². The molecule has 5 nitrogen and oxygen atoms in total. The van der Waals surface area contributed by atoms with E-state index in [0.717, 1.165) is 24.9 Å². The molecule has 2 aromatic rings. The smallest absolute Gasteiger partial charge is 0.228 e. The quantitative estimate of drug-likeness (QED) is 0.848. The fraction of sp³-hybridized carbons (Fsp3) is 0.333. The number of nitrogens with zero attached hydrogens (tertiary/aromatic N) is 2. The average molecular weight is 367 g/mol. The molecule has 0 spiro atoms. The summed E-state index contributed by atoms with van der Waals surface area (Å²) >= 11 is 0. The molecule has 1 amide bonds. The van der Waals surface area contributed by atoms with Gasteiger partial charge in [-0.15, -0.1) is 0 Å². The van der Waals surface area contributed by atoms with Crippen LogP contribution in [0.3, 0.4) is 0 Å². The standard InChI is InChI=1S/C21H22FN3O2/c22-18-5-1-3-16(13-18)14-25-11-2-4-17(15-25)21(26)24-19-6-8-20(9-7-19)27-12-10-23/h1,3,5-9,13,17H,2,4,11-12,14-15H2,(H,24,26). The zero-order chi connectivity index (χ0) is 19.1. The van der Waals surface area contributed by atoms with Crippen LogP contribution in [0.1, 0.15) is 18.4 Å². The fourth-order valence-corrected chi connectivity index (χ4v) is 3.30. The van der Waals surface area contributed by atoms with Crippen molar-refractivity contribution in [1.29, 1.82) is 5.26 Å². The first kappa shape index (κ1) is 18.9. The van der Waals surface area contributed by atoms with Crippen molar-refractivity contribution in [2.75, 3.05) is 25.0 Å². The minimum Gasteiger partial charge on any atom is -0.479 e. The third kappa shape index (κ3) is 5.53. The summed E-state index contributed by atoms with van der Waals surface area (Å²) < 4.78 is 18.6. The highest BCUT2D eigenvalue weighted by molar-refractivity contribution is 5.92.